The molecule has 0 saturated heterocycles. The van der Waals surface area contributed by atoms with Crippen LogP contribution in [0.5, 0.6) is 23.0 Å². The molecule has 0 spiro atoms. The van der Waals surface area contributed by atoms with Crippen molar-refractivity contribution in [2.75, 3.05) is 0 Å². The second-order valence-corrected chi connectivity index (χ2v) is 9.03. The van der Waals surface area contributed by atoms with E-state index in [-0.39, 0.29) is 11.5 Å². The van der Waals surface area contributed by atoms with E-state index in [1.54, 1.807) is 0 Å². The summed E-state index contributed by atoms with van der Waals surface area (Å²) in [5, 5.41) is 69.0. The van der Waals surface area contributed by atoms with Crippen LogP contribution in [0, 0.1) is 0 Å². The predicted molar refractivity (Wildman–Crippen MR) is 130 cm³/mol. The van der Waals surface area contributed by atoms with Gasteiger partial charge < -0.3 is 45.2 Å². The van der Waals surface area contributed by atoms with Gasteiger partial charge in [0.05, 0.1) is 0 Å². The van der Waals surface area contributed by atoms with Gasteiger partial charge in [0.15, 0.2) is 28.6 Å². The average molecular weight is 530 g/mol. The number of hydrogen-bond donors (Lipinski definition) is 7. The first-order valence-corrected chi connectivity index (χ1v) is 11.2. The molecular formula is C26H26O12. The lowest BCUT2D eigenvalue weighted by molar-refractivity contribution is -0.227. The molecule has 4 atom stereocenters. The molecule has 0 aromatic heterocycles. The first-order valence-electron chi connectivity index (χ1n) is 11.2. The molecule has 1 aliphatic rings. The number of phenols is 4. The first-order chi connectivity index (χ1) is 17.7. The Balaban J connectivity index is 1.77. The minimum absolute atomic E-state index is 0.314. The van der Waals surface area contributed by atoms with Gasteiger partial charge in [0.2, 0.25) is 0 Å². The maximum Gasteiger partial charge on any atom is 0.335 e. The highest BCUT2D eigenvalue weighted by molar-refractivity contribution is 5.88. The van der Waals surface area contributed by atoms with Crippen LogP contribution in [-0.2, 0) is 23.9 Å². The highest BCUT2D eigenvalue weighted by Gasteiger charge is 2.58. The van der Waals surface area contributed by atoms with Gasteiger partial charge in [0.1, 0.15) is 17.8 Å². The Bertz CT molecular complexity index is 1300. The van der Waals surface area contributed by atoms with E-state index in [0.29, 0.717) is 11.1 Å². The summed E-state index contributed by atoms with van der Waals surface area (Å²) >= 11 is 0. The van der Waals surface area contributed by atoms with Crippen LogP contribution < -0.4 is 0 Å². The number of rotatable bonds is 7. The van der Waals surface area contributed by atoms with E-state index in [1.807, 2.05) is 0 Å². The van der Waals surface area contributed by atoms with Gasteiger partial charge in [0.25, 0.3) is 0 Å². The molecule has 0 unspecified atom stereocenters. The molecule has 1 aliphatic carbocycles. The Hall–Kier alpha value is -4.55. The molecule has 202 valence electrons. The van der Waals surface area contributed by atoms with Gasteiger partial charge in [-0.15, -0.1) is 0 Å². The largest absolute Gasteiger partial charge is 0.504 e. The maximum atomic E-state index is 12.5. The molecule has 2 aromatic rings. The lowest BCUT2D eigenvalue weighted by Crippen LogP contribution is -2.63. The third kappa shape index (κ3) is 6.41. The fourth-order valence-electron chi connectivity index (χ4n) is 4.03. The molecular weight excluding hydrogens is 504 g/mol. The number of aliphatic hydroxyl groups is 2. The SMILES string of the molecule is C[C@@]1(OC(=O)C=Cc2ccc(O)c(O)c2)C[C@@](O)(C(=O)O)C[C@@H](OC(=O)C=Cc2ccc(O)c(O)c2)[C@@H]1O. The second kappa shape index (κ2) is 10.8. The van der Waals surface area contributed by atoms with E-state index in [0.717, 1.165) is 12.2 Å². The van der Waals surface area contributed by atoms with Crippen LogP contribution in [0.2, 0.25) is 0 Å². The van der Waals surface area contributed by atoms with Crippen LogP contribution in [0.1, 0.15) is 30.9 Å². The van der Waals surface area contributed by atoms with Crippen LogP contribution in [-0.4, -0.2) is 77.1 Å². The second-order valence-electron chi connectivity index (χ2n) is 9.03. The summed E-state index contributed by atoms with van der Waals surface area (Å²) in [6.07, 6.45) is -0.427. The van der Waals surface area contributed by atoms with Gasteiger partial charge in [-0.3, -0.25) is 0 Å². The number of aromatic hydroxyl groups is 4. The highest BCUT2D eigenvalue weighted by atomic mass is 16.6. The number of carbonyl (C=O) groups is 3. The van der Waals surface area contributed by atoms with Crippen molar-refractivity contribution in [3.05, 3.63) is 59.7 Å². The summed E-state index contributed by atoms with van der Waals surface area (Å²) in [4.78, 5) is 36.7. The molecule has 0 aliphatic heterocycles. The molecule has 3 rings (SSSR count). The quantitative estimate of drug-likeness (QED) is 0.154. The number of benzene rings is 2. The number of carboxylic acid groups (broad SMARTS) is 1. The summed E-state index contributed by atoms with van der Waals surface area (Å²) in [5.74, 6) is -5.34. The van der Waals surface area contributed by atoms with E-state index < -0.39 is 65.7 Å². The Morgan fingerprint density at radius 1 is 0.868 bits per heavy atom. The molecule has 2 aromatic carbocycles. The Kier molecular flexibility index (Phi) is 7.98. The van der Waals surface area contributed by atoms with E-state index in [1.165, 1.54) is 55.5 Å². The van der Waals surface area contributed by atoms with Crippen molar-refractivity contribution in [2.45, 2.75) is 43.2 Å². The van der Waals surface area contributed by atoms with Gasteiger partial charge >= 0.3 is 17.9 Å². The lowest BCUT2D eigenvalue weighted by atomic mass is 9.72. The summed E-state index contributed by atoms with van der Waals surface area (Å²) in [7, 11) is 0. The smallest absolute Gasteiger partial charge is 0.335 e. The van der Waals surface area contributed by atoms with E-state index >= 15 is 0 Å². The molecule has 1 fully saturated rings. The summed E-state index contributed by atoms with van der Waals surface area (Å²) in [5.41, 5.74) is -3.88. The summed E-state index contributed by atoms with van der Waals surface area (Å²) in [6.45, 7) is 1.18. The zero-order valence-electron chi connectivity index (χ0n) is 20.0. The van der Waals surface area contributed by atoms with Crippen molar-refractivity contribution in [3.8, 4) is 23.0 Å². The average Bonchev–Trinajstić information content (AvgIpc) is 2.83. The van der Waals surface area contributed by atoms with Gasteiger partial charge in [0, 0.05) is 25.0 Å². The van der Waals surface area contributed by atoms with Gasteiger partial charge in [-0.05, 0) is 54.5 Å². The molecule has 7 N–H and O–H groups in total. The van der Waals surface area contributed by atoms with Crippen molar-refractivity contribution in [1.29, 1.82) is 0 Å². The van der Waals surface area contributed by atoms with Crippen LogP contribution in [0.25, 0.3) is 12.2 Å². The fraction of sp³-hybridized carbons (Fsp3) is 0.269. The van der Waals surface area contributed by atoms with E-state index in [2.05, 4.69) is 0 Å². The van der Waals surface area contributed by atoms with E-state index in [4.69, 9.17) is 9.47 Å². The molecule has 38 heavy (non-hydrogen) atoms. The van der Waals surface area contributed by atoms with Crippen molar-refractivity contribution < 1.29 is 59.6 Å². The summed E-state index contributed by atoms with van der Waals surface area (Å²) < 4.78 is 10.5. The molecule has 0 heterocycles. The maximum absolute atomic E-state index is 12.5. The third-order valence-electron chi connectivity index (χ3n) is 5.98. The van der Waals surface area contributed by atoms with Crippen LogP contribution >= 0.6 is 0 Å². The minimum atomic E-state index is -2.52. The van der Waals surface area contributed by atoms with Gasteiger partial charge in [-0.2, -0.15) is 0 Å². The minimum Gasteiger partial charge on any atom is -0.504 e. The third-order valence-corrected chi connectivity index (χ3v) is 5.98. The van der Waals surface area contributed by atoms with E-state index in [9.17, 15) is 50.1 Å². The fourth-order valence-corrected chi connectivity index (χ4v) is 4.03. The summed E-state index contributed by atoms with van der Waals surface area (Å²) in [6, 6.07) is 7.50. The monoisotopic (exact) mass is 530 g/mol. The normalized spacial score (nSPS) is 25.3. The first kappa shape index (κ1) is 28.0. The number of aliphatic hydroxyl groups excluding tert-OH is 1. The molecule has 0 amide bonds. The number of hydrogen-bond acceptors (Lipinski definition) is 11. The number of phenolic OH excluding ortho intramolecular Hbond substituents is 4. The van der Waals surface area contributed by atoms with Crippen molar-refractivity contribution in [2.24, 2.45) is 0 Å². The molecule has 12 heteroatoms. The van der Waals surface area contributed by atoms with Gasteiger partial charge in [-0.25, -0.2) is 14.4 Å². The molecule has 0 radical (unpaired) electrons. The topological polar surface area (TPSA) is 211 Å². The molecule has 0 bridgehead atoms. The van der Waals surface area contributed by atoms with Crippen LogP contribution in [0.4, 0.5) is 0 Å². The number of esters is 2. The zero-order valence-corrected chi connectivity index (χ0v) is 20.0. The predicted octanol–water partition coefficient (Wildman–Crippen LogP) is 1.42. The van der Waals surface area contributed by atoms with Gasteiger partial charge in [-0.1, -0.05) is 12.1 Å². The number of aliphatic carboxylic acids is 1. The van der Waals surface area contributed by atoms with Crippen LogP contribution in [0.3, 0.4) is 0 Å². The van der Waals surface area contributed by atoms with Crippen molar-refractivity contribution in [1.82, 2.24) is 0 Å². The van der Waals surface area contributed by atoms with Crippen molar-refractivity contribution in [3.63, 3.8) is 0 Å². The van der Waals surface area contributed by atoms with Crippen LogP contribution in [0.15, 0.2) is 48.6 Å². The Morgan fingerprint density at radius 3 is 1.84 bits per heavy atom. The molecule has 1 saturated carbocycles. The number of ether oxygens (including phenoxy) is 2. The standard InChI is InChI=1S/C26H26O12/c1-25(38-22(32)9-5-15-3-7-17(28)19(30)11-15)13-26(36,24(34)35)12-20(23(25)33)37-21(31)8-4-14-2-6-16(27)18(29)10-14/h2-11,20,23,27-30,33,36H,12-13H2,1H3,(H,34,35)/t20-,23+,25-,26-/m1/s1. The lowest BCUT2D eigenvalue weighted by Gasteiger charge is -2.46. The molecule has 12 nitrogen and oxygen atoms in total. The Labute approximate surface area is 215 Å². The Morgan fingerprint density at radius 2 is 1.37 bits per heavy atom. The zero-order chi connectivity index (χ0) is 28.3. The number of carbonyl (C=O) groups excluding carboxylic acids is 2. The highest BCUT2D eigenvalue weighted by Crippen LogP contribution is 2.40. The number of carboxylic acids is 1. The van der Waals surface area contributed by atoms with Crippen molar-refractivity contribution >= 4 is 30.1 Å².